The number of amides is 1. The first-order valence-electron chi connectivity index (χ1n) is 8.08. The second-order valence-corrected chi connectivity index (χ2v) is 6.31. The number of benzene rings is 2. The summed E-state index contributed by atoms with van der Waals surface area (Å²) in [6.45, 7) is 9.07. The van der Waals surface area contributed by atoms with Crippen molar-refractivity contribution in [2.24, 2.45) is 0 Å². The number of aryl methyl sites for hydroxylation is 4. The van der Waals surface area contributed by atoms with Crippen LogP contribution >= 0.6 is 0 Å². The number of aromatic hydroxyl groups is 1. The highest BCUT2D eigenvalue weighted by Crippen LogP contribution is 2.23. The highest BCUT2D eigenvalue weighted by Gasteiger charge is 2.20. The van der Waals surface area contributed by atoms with E-state index in [1.165, 1.54) is 13.0 Å². The molecule has 0 saturated carbocycles. The number of esters is 1. The van der Waals surface area contributed by atoms with Gasteiger partial charge in [-0.2, -0.15) is 0 Å². The molecule has 5 heteroatoms. The third-order valence-electron chi connectivity index (χ3n) is 4.02. The van der Waals surface area contributed by atoms with Gasteiger partial charge in [-0.1, -0.05) is 23.8 Å². The van der Waals surface area contributed by atoms with Gasteiger partial charge >= 0.3 is 5.97 Å². The quantitative estimate of drug-likeness (QED) is 0.829. The number of hydrogen-bond donors (Lipinski definition) is 2. The number of hydrogen-bond acceptors (Lipinski definition) is 4. The fourth-order valence-electron chi connectivity index (χ4n) is 2.62. The maximum absolute atomic E-state index is 12.4. The van der Waals surface area contributed by atoms with Gasteiger partial charge < -0.3 is 15.2 Å². The van der Waals surface area contributed by atoms with Crippen LogP contribution < -0.4 is 5.32 Å². The van der Waals surface area contributed by atoms with Gasteiger partial charge in [-0.15, -0.1) is 0 Å². The Balaban J connectivity index is 2.07. The molecule has 0 aromatic heterocycles. The summed E-state index contributed by atoms with van der Waals surface area (Å²) >= 11 is 0. The van der Waals surface area contributed by atoms with E-state index in [2.05, 4.69) is 5.32 Å². The molecule has 0 aliphatic heterocycles. The van der Waals surface area contributed by atoms with Crippen molar-refractivity contribution >= 4 is 17.6 Å². The molecule has 0 aliphatic carbocycles. The van der Waals surface area contributed by atoms with E-state index in [9.17, 15) is 14.7 Å². The Morgan fingerprint density at radius 3 is 2.16 bits per heavy atom. The van der Waals surface area contributed by atoms with Crippen molar-refractivity contribution in [3.63, 3.8) is 0 Å². The van der Waals surface area contributed by atoms with Gasteiger partial charge in [0.25, 0.3) is 5.91 Å². The van der Waals surface area contributed by atoms with Crippen LogP contribution in [0.5, 0.6) is 5.75 Å². The molecule has 0 spiro atoms. The molecule has 0 heterocycles. The first-order valence-corrected chi connectivity index (χ1v) is 8.08. The molecule has 2 N–H and O–H groups in total. The van der Waals surface area contributed by atoms with E-state index in [-0.39, 0.29) is 11.3 Å². The lowest BCUT2D eigenvalue weighted by Crippen LogP contribution is -2.30. The summed E-state index contributed by atoms with van der Waals surface area (Å²) in [7, 11) is 0. The molecular weight excluding hydrogens is 318 g/mol. The first-order chi connectivity index (χ1) is 11.7. The summed E-state index contributed by atoms with van der Waals surface area (Å²) < 4.78 is 5.21. The number of carbonyl (C=O) groups is 2. The van der Waals surface area contributed by atoms with Crippen molar-refractivity contribution in [2.45, 2.75) is 40.7 Å². The Labute approximate surface area is 147 Å². The smallest absolute Gasteiger partial charge is 0.339 e. The van der Waals surface area contributed by atoms with E-state index in [0.717, 1.165) is 22.4 Å². The number of nitrogens with one attached hydrogen (secondary N) is 1. The van der Waals surface area contributed by atoms with E-state index in [0.29, 0.717) is 5.56 Å². The second kappa shape index (κ2) is 7.38. The summed E-state index contributed by atoms with van der Waals surface area (Å²) in [5, 5.41) is 12.5. The van der Waals surface area contributed by atoms with Crippen molar-refractivity contribution in [2.75, 3.05) is 5.32 Å². The summed E-state index contributed by atoms with van der Waals surface area (Å²) in [5.41, 5.74) is 4.61. The molecule has 0 fully saturated rings. The number of rotatable bonds is 4. The second-order valence-electron chi connectivity index (χ2n) is 6.31. The minimum absolute atomic E-state index is 0.0115. The third-order valence-corrected chi connectivity index (χ3v) is 4.02. The zero-order chi connectivity index (χ0) is 18.7. The Kier molecular flexibility index (Phi) is 5.47. The third kappa shape index (κ3) is 4.38. The standard InChI is InChI=1S/C20H23NO4/c1-11-8-13(3)18(14(4)9-11)21-19(23)15(5)25-20(24)16-7-6-12(2)17(22)10-16/h6-10,15,22H,1-5H3,(H,21,23). The molecule has 2 aromatic carbocycles. The summed E-state index contributed by atoms with van der Waals surface area (Å²) in [6.07, 6.45) is -0.962. The van der Waals surface area contributed by atoms with Crippen molar-refractivity contribution in [1.82, 2.24) is 0 Å². The van der Waals surface area contributed by atoms with Crippen molar-refractivity contribution in [3.8, 4) is 5.75 Å². The number of ether oxygens (including phenoxy) is 1. The molecule has 1 atom stereocenters. The molecule has 2 rings (SSSR count). The number of carbonyl (C=O) groups excluding carboxylic acids is 2. The van der Waals surface area contributed by atoms with Crippen LogP contribution in [0.15, 0.2) is 30.3 Å². The molecule has 2 aromatic rings. The minimum atomic E-state index is -0.962. The summed E-state index contributed by atoms with van der Waals surface area (Å²) in [6, 6.07) is 8.46. The maximum atomic E-state index is 12.4. The van der Waals surface area contributed by atoms with Gasteiger partial charge in [-0.05, 0) is 63.4 Å². The van der Waals surface area contributed by atoms with Crippen molar-refractivity contribution < 1.29 is 19.4 Å². The molecular formula is C20H23NO4. The SMILES string of the molecule is Cc1cc(C)c(NC(=O)C(C)OC(=O)c2ccc(C)c(O)c2)c(C)c1. The molecule has 0 aliphatic rings. The first kappa shape index (κ1) is 18.5. The van der Waals surface area contributed by atoms with Crippen LogP contribution in [0, 0.1) is 27.7 Å². The molecule has 5 nitrogen and oxygen atoms in total. The Morgan fingerprint density at radius 1 is 1.00 bits per heavy atom. The zero-order valence-corrected chi connectivity index (χ0v) is 15.1. The number of phenols is 1. The fraction of sp³-hybridized carbons (Fsp3) is 0.300. The molecule has 25 heavy (non-hydrogen) atoms. The Bertz CT molecular complexity index is 803. The van der Waals surface area contributed by atoms with Gasteiger partial charge in [-0.3, -0.25) is 4.79 Å². The topological polar surface area (TPSA) is 75.6 Å². The van der Waals surface area contributed by atoms with E-state index in [4.69, 9.17) is 4.74 Å². The Hall–Kier alpha value is -2.82. The van der Waals surface area contributed by atoms with E-state index >= 15 is 0 Å². The monoisotopic (exact) mass is 341 g/mol. The van der Waals surface area contributed by atoms with Crippen molar-refractivity contribution in [3.05, 3.63) is 58.1 Å². The van der Waals surface area contributed by atoms with Crippen LogP contribution in [0.3, 0.4) is 0 Å². The average Bonchev–Trinajstić information content (AvgIpc) is 2.53. The highest BCUT2D eigenvalue weighted by atomic mass is 16.5. The zero-order valence-electron chi connectivity index (χ0n) is 15.1. The van der Waals surface area contributed by atoms with Crippen LogP contribution in [0.4, 0.5) is 5.69 Å². The Morgan fingerprint density at radius 2 is 1.60 bits per heavy atom. The molecule has 1 amide bonds. The van der Waals surface area contributed by atoms with Gasteiger partial charge in [0, 0.05) is 5.69 Å². The van der Waals surface area contributed by atoms with E-state index in [1.807, 2.05) is 32.9 Å². The predicted molar refractivity (Wildman–Crippen MR) is 97.0 cm³/mol. The summed E-state index contributed by atoms with van der Waals surface area (Å²) in [5.74, 6) is -1.05. The largest absolute Gasteiger partial charge is 0.508 e. The van der Waals surface area contributed by atoms with Crippen LogP contribution in [0.25, 0.3) is 0 Å². The lowest BCUT2D eigenvalue weighted by atomic mass is 10.0. The maximum Gasteiger partial charge on any atom is 0.339 e. The summed E-state index contributed by atoms with van der Waals surface area (Å²) in [4.78, 5) is 24.5. The van der Waals surface area contributed by atoms with Crippen LogP contribution in [-0.4, -0.2) is 23.1 Å². The van der Waals surface area contributed by atoms with Gasteiger partial charge in [0.2, 0.25) is 0 Å². The van der Waals surface area contributed by atoms with Crippen LogP contribution in [0.1, 0.15) is 39.5 Å². The molecule has 1 unspecified atom stereocenters. The van der Waals surface area contributed by atoms with Crippen LogP contribution in [-0.2, 0) is 9.53 Å². The molecule has 0 radical (unpaired) electrons. The molecule has 132 valence electrons. The van der Waals surface area contributed by atoms with Crippen molar-refractivity contribution in [1.29, 1.82) is 0 Å². The lowest BCUT2D eigenvalue weighted by Gasteiger charge is -2.17. The van der Waals surface area contributed by atoms with E-state index < -0.39 is 18.0 Å². The number of anilines is 1. The van der Waals surface area contributed by atoms with Crippen LogP contribution in [0.2, 0.25) is 0 Å². The predicted octanol–water partition coefficient (Wildman–Crippen LogP) is 3.81. The van der Waals surface area contributed by atoms with Gasteiger partial charge in [0.05, 0.1) is 5.56 Å². The number of phenolic OH excluding ortho intramolecular Hbond substituents is 1. The van der Waals surface area contributed by atoms with E-state index in [1.54, 1.807) is 19.1 Å². The average molecular weight is 341 g/mol. The molecule has 0 bridgehead atoms. The fourth-order valence-corrected chi connectivity index (χ4v) is 2.62. The van der Waals surface area contributed by atoms with Gasteiger partial charge in [0.1, 0.15) is 5.75 Å². The van der Waals surface area contributed by atoms with Gasteiger partial charge in [-0.25, -0.2) is 4.79 Å². The molecule has 0 saturated heterocycles. The lowest BCUT2D eigenvalue weighted by molar-refractivity contribution is -0.123. The van der Waals surface area contributed by atoms with Gasteiger partial charge in [0.15, 0.2) is 6.10 Å². The highest BCUT2D eigenvalue weighted by molar-refractivity contribution is 5.98. The normalized spacial score (nSPS) is 11.7. The minimum Gasteiger partial charge on any atom is -0.508 e.